The highest BCUT2D eigenvalue weighted by Crippen LogP contribution is 2.31. The molecule has 0 unspecified atom stereocenters. The van der Waals surface area contributed by atoms with E-state index in [1.807, 2.05) is 42.5 Å². The number of hydrogen-bond acceptors (Lipinski definition) is 2. The van der Waals surface area contributed by atoms with Gasteiger partial charge in [-0.3, -0.25) is 0 Å². The fourth-order valence-electron chi connectivity index (χ4n) is 4.39. The lowest BCUT2D eigenvalue weighted by Gasteiger charge is -2.12. The van der Waals surface area contributed by atoms with Gasteiger partial charge in [0.1, 0.15) is 5.49 Å². The van der Waals surface area contributed by atoms with Crippen LogP contribution in [0, 0.1) is 20.8 Å². The smallest absolute Gasteiger partial charge is 0.236 e. The second kappa shape index (κ2) is 7.55. The van der Waals surface area contributed by atoms with Gasteiger partial charge < -0.3 is 4.48 Å². The third kappa shape index (κ3) is 3.55. The number of para-hydroxylation sites is 1. The molecule has 0 N–H and O–H groups in total. The Labute approximate surface area is 183 Å². The van der Waals surface area contributed by atoms with Crippen molar-refractivity contribution in [1.29, 1.82) is 0 Å². The molecule has 0 saturated carbocycles. The van der Waals surface area contributed by atoms with Gasteiger partial charge in [-0.2, -0.15) is 0 Å². The van der Waals surface area contributed by atoms with E-state index in [9.17, 15) is 0 Å². The Bertz CT molecular complexity index is 1510. The second-order valence-electron chi connectivity index (χ2n) is 8.08. The van der Waals surface area contributed by atoms with Crippen molar-refractivity contribution in [3.63, 3.8) is 0 Å². The van der Waals surface area contributed by atoms with Crippen LogP contribution in [0.15, 0.2) is 83.9 Å². The van der Waals surface area contributed by atoms with Crippen LogP contribution in [-0.2, 0) is 0 Å². The van der Waals surface area contributed by atoms with Gasteiger partial charge in [-0.15, -0.1) is 0 Å². The van der Waals surface area contributed by atoms with E-state index >= 15 is 0 Å². The van der Waals surface area contributed by atoms with Gasteiger partial charge in [0.05, 0.1) is 5.52 Å². The Morgan fingerprint density at radius 3 is 2.32 bits per heavy atom. The van der Waals surface area contributed by atoms with Crippen molar-refractivity contribution >= 4 is 35.6 Å². The van der Waals surface area contributed by atoms with Crippen molar-refractivity contribution < 1.29 is 0 Å². The standard InChI is InChI=1S/C27H22BN3/c1-17-14-18(2)27(19(3)15-17)22-8-11-23-21(16-22)9-12-25(29-23)30-26-13-10-20-6-4-5-7-24(20)31(26)28/h4-16H,1-3H3. The fourth-order valence-corrected chi connectivity index (χ4v) is 4.39. The molecule has 4 heteroatoms. The summed E-state index contributed by atoms with van der Waals surface area (Å²) >= 11 is 0. The Balaban J connectivity index is 1.59. The van der Waals surface area contributed by atoms with E-state index in [0.717, 1.165) is 21.8 Å². The van der Waals surface area contributed by atoms with Crippen molar-refractivity contribution in [2.45, 2.75) is 20.8 Å². The Morgan fingerprint density at radius 1 is 0.774 bits per heavy atom. The van der Waals surface area contributed by atoms with Crippen LogP contribution in [0.25, 0.3) is 32.9 Å². The summed E-state index contributed by atoms with van der Waals surface area (Å²) in [5.74, 6) is 0.637. The number of hydrogen-bond donors (Lipinski definition) is 0. The molecule has 5 rings (SSSR count). The van der Waals surface area contributed by atoms with E-state index in [0.29, 0.717) is 11.3 Å². The molecule has 2 radical (unpaired) electrons. The molecule has 0 saturated heterocycles. The molecule has 3 aromatic carbocycles. The molecule has 0 spiro atoms. The van der Waals surface area contributed by atoms with E-state index in [4.69, 9.17) is 13.0 Å². The summed E-state index contributed by atoms with van der Waals surface area (Å²) in [6, 6.07) is 26.8. The summed E-state index contributed by atoms with van der Waals surface area (Å²) in [6.45, 7) is 6.48. The number of pyridine rings is 2. The minimum atomic E-state index is 0.637. The maximum atomic E-state index is 6.30. The number of rotatable bonds is 2. The first-order valence-electron chi connectivity index (χ1n) is 10.4. The highest BCUT2D eigenvalue weighted by molar-refractivity contribution is 6.10. The highest BCUT2D eigenvalue weighted by Gasteiger charge is 2.08. The number of nitrogens with zero attached hydrogens (tertiary/aromatic N) is 3. The second-order valence-corrected chi connectivity index (χ2v) is 8.08. The van der Waals surface area contributed by atoms with E-state index < -0.39 is 0 Å². The van der Waals surface area contributed by atoms with E-state index in [1.165, 1.54) is 27.8 Å². The maximum absolute atomic E-state index is 6.30. The van der Waals surface area contributed by atoms with Crippen LogP contribution in [0.5, 0.6) is 0 Å². The van der Waals surface area contributed by atoms with Crippen LogP contribution in [0.3, 0.4) is 0 Å². The molecule has 5 aromatic rings. The third-order valence-electron chi connectivity index (χ3n) is 5.72. The summed E-state index contributed by atoms with van der Waals surface area (Å²) < 4.78 is 1.60. The zero-order valence-corrected chi connectivity index (χ0v) is 17.9. The summed E-state index contributed by atoms with van der Waals surface area (Å²) in [5, 5.41) is 2.17. The SMILES string of the molecule is [B]n1c(=Nc2ccc3cc(-c4c(C)cc(C)cc4C)ccc3n2)ccc2ccccc21. The van der Waals surface area contributed by atoms with Crippen LogP contribution in [0.4, 0.5) is 5.82 Å². The third-order valence-corrected chi connectivity index (χ3v) is 5.72. The predicted molar refractivity (Wildman–Crippen MR) is 130 cm³/mol. The van der Waals surface area contributed by atoms with Crippen LogP contribution < -0.4 is 5.49 Å². The number of fused-ring (bicyclic) bond motifs is 2. The number of aryl methyl sites for hydroxylation is 3. The maximum Gasteiger partial charge on any atom is 0.236 e. The van der Waals surface area contributed by atoms with Crippen LogP contribution in [-0.4, -0.2) is 17.4 Å². The highest BCUT2D eigenvalue weighted by atomic mass is 15.0. The summed E-state index contributed by atoms with van der Waals surface area (Å²) in [5.41, 5.74) is 8.88. The van der Waals surface area contributed by atoms with Gasteiger partial charge in [-0.25, -0.2) is 9.98 Å². The van der Waals surface area contributed by atoms with Crippen molar-refractivity contribution in [3.8, 4) is 11.1 Å². The molecule has 0 aliphatic rings. The van der Waals surface area contributed by atoms with Gasteiger partial charge in [-0.05, 0) is 90.9 Å². The van der Waals surface area contributed by atoms with Gasteiger partial charge in [-0.1, -0.05) is 42.0 Å². The first kappa shape index (κ1) is 19.3. The lowest BCUT2D eigenvalue weighted by atomic mass is 9.93. The molecular weight excluding hydrogens is 377 g/mol. The topological polar surface area (TPSA) is 30.2 Å². The van der Waals surface area contributed by atoms with Crippen molar-refractivity contribution in [3.05, 3.63) is 101 Å². The zero-order chi connectivity index (χ0) is 21.5. The van der Waals surface area contributed by atoms with Crippen molar-refractivity contribution in [2.24, 2.45) is 4.99 Å². The molecular formula is C27H22BN3. The number of benzene rings is 3. The number of aromatic nitrogens is 2. The van der Waals surface area contributed by atoms with Crippen LogP contribution in [0.2, 0.25) is 0 Å². The van der Waals surface area contributed by atoms with Crippen molar-refractivity contribution in [1.82, 2.24) is 9.46 Å². The molecule has 148 valence electrons. The average molecular weight is 399 g/mol. The van der Waals surface area contributed by atoms with Crippen molar-refractivity contribution in [2.75, 3.05) is 0 Å². The molecule has 0 bridgehead atoms. The normalized spacial score (nSPS) is 12.0. The molecule has 2 aromatic heterocycles. The molecule has 0 amide bonds. The van der Waals surface area contributed by atoms with Gasteiger partial charge in [0, 0.05) is 10.9 Å². The molecule has 0 atom stereocenters. The minimum Gasteiger partial charge on any atom is -0.382 e. The Morgan fingerprint density at radius 2 is 1.52 bits per heavy atom. The molecule has 0 aliphatic carbocycles. The van der Waals surface area contributed by atoms with Gasteiger partial charge in [0.25, 0.3) is 0 Å². The molecule has 31 heavy (non-hydrogen) atoms. The zero-order valence-electron chi connectivity index (χ0n) is 17.9. The monoisotopic (exact) mass is 399 g/mol. The summed E-state index contributed by atoms with van der Waals surface area (Å²) in [7, 11) is 6.30. The first-order chi connectivity index (χ1) is 15.0. The Kier molecular flexibility index (Phi) is 4.70. The van der Waals surface area contributed by atoms with E-state index in [-0.39, 0.29) is 0 Å². The first-order valence-corrected chi connectivity index (χ1v) is 10.4. The van der Waals surface area contributed by atoms with Crippen LogP contribution >= 0.6 is 0 Å². The van der Waals surface area contributed by atoms with Gasteiger partial charge in [0.15, 0.2) is 5.82 Å². The molecule has 0 fully saturated rings. The van der Waals surface area contributed by atoms with E-state index in [2.05, 4.69) is 62.2 Å². The lowest BCUT2D eigenvalue weighted by Crippen LogP contribution is -2.18. The largest absolute Gasteiger partial charge is 0.382 e. The van der Waals surface area contributed by atoms with Gasteiger partial charge in [0.2, 0.25) is 7.98 Å². The van der Waals surface area contributed by atoms with Crippen LogP contribution in [0.1, 0.15) is 16.7 Å². The lowest BCUT2D eigenvalue weighted by molar-refractivity contribution is 1.09. The van der Waals surface area contributed by atoms with E-state index in [1.54, 1.807) is 4.48 Å². The molecule has 0 aliphatic heterocycles. The molecule has 3 nitrogen and oxygen atoms in total. The Hall–Kier alpha value is -3.66. The quantitative estimate of drug-likeness (QED) is 0.338. The molecule has 2 heterocycles. The summed E-state index contributed by atoms with van der Waals surface area (Å²) in [6.07, 6.45) is 0. The summed E-state index contributed by atoms with van der Waals surface area (Å²) in [4.78, 5) is 9.44. The minimum absolute atomic E-state index is 0.637. The van der Waals surface area contributed by atoms with Gasteiger partial charge >= 0.3 is 0 Å². The fraction of sp³-hybridized carbons (Fsp3) is 0.111. The predicted octanol–water partition coefficient (Wildman–Crippen LogP) is 5.95. The average Bonchev–Trinajstić information content (AvgIpc) is 2.75.